The molecule has 8 heteroatoms. The highest BCUT2D eigenvalue weighted by Gasteiger charge is 2.28. The van der Waals surface area contributed by atoms with E-state index in [4.69, 9.17) is 0 Å². The minimum absolute atomic E-state index is 0.0102. The maximum absolute atomic E-state index is 13.0. The number of anilines is 1. The molecular weight excluding hydrogens is 356 g/mol. The van der Waals surface area contributed by atoms with Gasteiger partial charge in [0.15, 0.2) is 9.84 Å². The number of carbonyl (C=O) groups is 1. The molecule has 1 amide bonds. The number of carbonyl (C=O) groups excluding carboxylic acids is 1. The van der Waals surface area contributed by atoms with Crippen molar-refractivity contribution in [3.05, 3.63) is 63.7 Å². The maximum Gasteiger partial charge on any atom is 0.271 e. The Hall–Kier alpha value is -2.74. The Morgan fingerprint density at radius 3 is 2.58 bits per heavy atom. The number of hydrogen-bond acceptors (Lipinski definition) is 5. The van der Waals surface area contributed by atoms with Crippen molar-refractivity contribution < 1.29 is 18.1 Å². The van der Waals surface area contributed by atoms with E-state index in [1.165, 1.54) is 6.07 Å². The van der Waals surface area contributed by atoms with E-state index in [9.17, 15) is 23.3 Å². The Morgan fingerprint density at radius 1 is 1.23 bits per heavy atom. The molecule has 1 heterocycles. The molecule has 7 nitrogen and oxygen atoms in total. The molecule has 26 heavy (non-hydrogen) atoms. The number of nitro benzene ring substituents is 1. The molecule has 1 unspecified atom stereocenters. The summed E-state index contributed by atoms with van der Waals surface area (Å²) < 4.78 is 23.7. The predicted molar refractivity (Wildman–Crippen MR) is 97.4 cm³/mol. The topological polar surface area (TPSA) is 97.6 Å². The molecule has 0 bridgehead atoms. The van der Waals surface area contributed by atoms with Gasteiger partial charge < -0.3 is 4.90 Å². The van der Waals surface area contributed by atoms with Crippen LogP contribution >= 0.6 is 0 Å². The molecule has 0 aromatic heterocycles. The summed E-state index contributed by atoms with van der Waals surface area (Å²) in [5.41, 5.74) is 1.35. The zero-order valence-electron chi connectivity index (χ0n) is 14.4. The van der Waals surface area contributed by atoms with Crippen molar-refractivity contribution in [1.82, 2.24) is 0 Å². The Balaban J connectivity index is 2.10. The van der Waals surface area contributed by atoms with E-state index in [0.29, 0.717) is 12.5 Å². The second-order valence-electron chi connectivity index (χ2n) is 6.45. The van der Waals surface area contributed by atoms with Gasteiger partial charge in [0.1, 0.15) is 0 Å². The molecular formula is C18H18N2O5S. The number of sulfone groups is 1. The SMILES string of the molecule is CC1CCN(C(=O)c2cc([N+](=O)[O-])cc(S(C)(=O)=O)c2)c2ccccc21. The van der Waals surface area contributed by atoms with E-state index in [2.05, 4.69) is 6.92 Å². The predicted octanol–water partition coefficient (Wildman–Crippen LogP) is 3.15. The molecule has 2 aromatic carbocycles. The lowest BCUT2D eigenvalue weighted by molar-refractivity contribution is -0.385. The third kappa shape index (κ3) is 3.32. The fourth-order valence-electron chi connectivity index (χ4n) is 3.14. The Morgan fingerprint density at radius 2 is 1.92 bits per heavy atom. The van der Waals surface area contributed by atoms with Crippen LogP contribution < -0.4 is 4.90 Å². The van der Waals surface area contributed by atoms with Crippen LogP contribution in [0.5, 0.6) is 0 Å². The van der Waals surface area contributed by atoms with Gasteiger partial charge >= 0.3 is 0 Å². The minimum Gasteiger partial charge on any atom is -0.308 e. The fourth-order valence-corrected chi connectivity index (χ4v) is 3.82. The molecule has 0 spiro atoms. The van der Waals surface area contributed by atoms with Gasteiger partial charge in [-0.3, -0.25) is 14.9 Å². The number of rotatable bonds is 3. The summed E-state index contributed by atoms with van der Waals surface area (Å²) in [6, 6.07) is 10.8. The summed E-state index contributed by atoms with van der Waals surface area (Å²) in [7, 11) is -3.69. The lowest BCUT2D eigenvalue weighted by Crippen LogP contribution is -2.36. The normalized spacial score (nSPS) is 16.8. The highest BCUT2D eigenvalue weighted by Crippen LogP contribution is 2.36. The molecule has 136 valence electrons. The average Bonchev–Trinajstić information content (AvgIpc) is 2.60. The van der Waals surface area contributed by atoms with Crippen LogP contribution in [0.4, 0.5) is 11.4 Å². The fraction of sp³-hybridized carbons (Fsp3) is 0.278. The number of hydrogen-bond donors (Lipinski definition) is 0. The largest absolute Gasteiger partial charge is 0.308 e. The van der Waals surface area contributed by atoms with E-state index in [1.54, 1.807) is 4.90 Å². The van der Waals surface area contributed by atoms with Gasteiger partial charge in [-0.1, -0.05) is 25.1 Å². The van der Waals surface area contributed by atoms with Gasteiger partial charge in [0, 0.05) is 36.2 Å². The van der Waals surface area contributed by atoms with Crippen molar-refractivity contribution in [3.8, 4) is 0 Å². The number of non-ortho nitro benzene ring substituents is 1. The molecule has 0 N–H and O–H groups in total. The number of nitrogens with zero attached hydrogens (tertiary/aromatic N) is 2. The summed E-state index contributed by atoms with van der Waals surface area (Å²) in [5, 5.41) is 11.2. The quantitative estimate of drug-likeness (QED) is 0.607. The number of nitro groups is 1. The first-order valence-electron chi connectivity index (χ1n) is 8.09. The summed E-state index contributed by atoms with van der Waals surface area (Å²) in [6.07, 6.45) is 1.72. The van der Waals surface area contributed by atoms with Gasteiger partial charge in [0.05, 0.1) is 9.82 Å². The summed E-state index contributed by atoms with van der Waals surface area (Å²) in [4.78, 5) is 24.8. The van der Waals surface area contributed by atoms with Crippen molar-refractivity contribution in [2.45, 2.75) is 24.2 Å². The zero-order valence-corrected chi connectivity index (χ0v) is 15.2. The highest BCUT2D eigenvalue weighted by molar-refractivity contribution is 7.90. The van der Waals surface area contributed by atoms with E-state index < -0.39 is 26.4 Å². The highest BCUT2D eigenvalue weighted by atomic mass is 32.2. The van der Waals surface area contributed by atoms with Crippen LogP contribution in [0.2, 0.25) is 0 Å². The minimum atomic E-state index is -3.69. The summed E-state index contributed by atoms with van der Waals surface area (Å²) in [5.74, 6) is -0.148. The van der Waals surface area contributed by atoms with Gasteiger partial charge in [-0.15, -0.1) is 0 Å². The molecule has 0 aliphatic carbocycles. The number of benzene rings is 2. The monoisotopic (exact) mass is 374 g/mol. The van der Waals surface area contributed by atoms with Gasteiger partial charge in [-0.2, -0.15) is 0 Å². The van der Waals surface area contributed by atoms with Crippen molar-refractivity contribution >= 4 is 27.1 Å². The molecule has 0 radical (unpaired) electrons. The second-order valence-corrected chi connectivity index (χ2v) is 8.47. The van der Waals surface area contributed by atoms with Gasteiger partial charge in [-0.05, 0) is 30.0 Å². The van der Waals surface area contributed by atoms with Crippen LogP contribution in [0.15, 0.2) is 47.4 Å². The molecule has 1 aliphatic heterocycles. The first-order valence-corrected chi connectivity index (χ1v) is 9.98. The van der Waals surface area contributed by atoms with E-state index in [-0.39, 0.29) is 10.5 Å². The van der Waals surface area contributed by atoms with Crippen LogP contribution in [0, 0.1) is 10.1 Å². The number of amides is 1. The van der Waals surface area contributed by atoms with Crippen LogP contribution in [0.1, 0.15) is 35.2 Å². The van der Waals surface area contributed by atoms with Crippen LogP contribution in [-0.2, 0) is 9.84 Å². The molecule has 1 aliphatic rings. The third-order valence-electron chi connectivity index (χ3n) is 4.57. The standard InChI is InChI=1S/C18H18N2O5S/c1-12-7-8-19(17-6-4-3-5-16(12)17)18(21)13-9-14(20(22)23)11-15(10-13)26(2,24)25/h3-6,9-12H,7-8H2,1-2H3. The van der Waals surface area contributed by atoms with Crippen molar-refractivity contribution in [1.29, 1.82) is 0 Å². The van der Waals surface area contributed by atoms with Crippen LogP contribution in [-0.4, -0.2) is 32.0 Å². The third-order valence-corrected chi connectivity index (χ3v) is 5.66. The first-order chi connectivity index (χ1) is 12.2. The van der Waals surface area contributed by atoms with Crippen molar-refractivity contribution in [2.24, 2.45) is 0 Å². The van der Waals surface area contributed by atoms with E-state index >= 15 is 0 Å². The smallest absolute Gasteiger partial charge is 0.271 e. The molecule has 0 saturated carbocycles. The molecule has 0 fully saturated rings. The Bertz CT molecular complexity index is 1000. The lowest BCUT2D eigenvalue weighted by atomic mass is 9.91. The molecule has 3 rings (SSSR count). The average molecular weight is 374 g/mol. The van der Waals surface area contributed by atoms with Gasteiger partial charge in [0.25, 0.3) is 11.6 Å². The Labute approximate surface area is 151 Å². The number of para-hydroxylation sites is 1. The van der Waals surface area contributed by atoms with E-state index in [1.807, 2.05) is 24.3 Å². The van der Waals surface area contributed by atoms with Crippen LogP contribution in [0.25, 0.3) is 0 Å². The maximum atomic E-state index is 13.0. The molecule has 2 aromatic rings. The van der Waals surface area contributed by atoms with Gasteiger partial charge in [-0.25, -0.2) is 8.42 Å². The van der Waals surface area contributed by atoms with Crippen molar-refractivity contribution in [2.75, 3.05) is 17.7 Å². The van der Waals surface area contributed by atoms with Gasteiger partial charge in [0.2, 0.25) is 0 Å². The lowest BCUT2D eigenvalue weighted by Gasteiger charge is -2.33. The summed E-state index contributed by atoms with van der Waals surface area (Å²) >= 11 is 0. The molecule has 1 atom stereocenters. The zero-order chi connectivity index (χ0) is 19.1. The number of fused-ring (bicyclic) bond motifs is 1. The molecule has 0 saturated heterocycles. The summed E-state index contributed by atoms with van der Waals surface area (Å²) in [6.45, 7) is 2.55. The second kappa shape index (κ2) is 6.53. The first kappa shape index (κ1) is 18.1. The van der Waals surface area contributed by atoms with Crippen molar-refractivity contribution in [3.63, 3.8) is 0 Å². The van der Waals surface area contributed by atoms with Crippen LogP contribution in [0.3, 0.4) is 0 Å². The van der Waals surface area contributed by atoms with E-state index in [0.717, 1.165) is 36.1 Å². The Kier molecular flexibility index (Phi) is 4.53.